The Morgan fingerprint density at radius 3 is 2.56 bits per heavy atom. The van der Waals surface area contributed by atoms with Crippen molar-refractivity contribution in [2.75, 3.05) is 0 Å². The van der Waals surface area contributed by atoms with Crippen LogP contribution < -0.4 is 4.43 Å². The average molecular weight is 217 g/mol. The summed E-state index contributed by atoms with van der Waals surface area (Å²) in [5.74, 6) is 0. The first-order valence-corrected chi connectivity index (χ1v) is 4.15. The minimum absolute atomic E-state index is 0.752. The van der Waals surface area contributed by atoms with E-state index in [1.165, 1.54) is 0 Å². The lowest BCUT2D eigenvalue weighted by molar-refractivity contribution is 1.70. The Labute approximate surface area is 75.8 Å². The molecular formula is C6H3AlBrCl. The highest BCUT2D eigenvalue weighted by Crippen LogP contribution is 2.19. The Hall–Kier alpha value is 0.522. The highest BCUT2D eigenvalue weighted by Gasteiger charge is 1.92. The van der Waals surface area contributed by atoms with Gasteiger partial charge in [0.05, 0.1) is 5.02 Å². The Bertz CT molecular complexity index is 224. The Kier molecular flexibility index (Phi) is 2.61. The number of rotatable bonds is 0. The second-order valence-electron chi connectivity index (χ2n) is 1.67. The molecular weight excluding hydrogens is 214 g/mol. The van der Waals surface area contributed by atoms with Crippen molar-refractivity contribution in [1.29, 1.82) is 0 Å². The van der Waals surface area contributed by atoms with E-state index >= 15 is 0 Å². The van der Waals surface area contributed by atoms with Crippen LogP contribution in [0.15, 0.2) is 22.7 Å². The molecule has 0 aliphatic carbocycles. The van der Waals surface area contributed by atoms with Gasteiger partial charge in [-0.05, 0) is 22.0 Å². The summed E-state index contributed by atoms with van der Waals surface area (Å²) in [6, 6.07) is 5.78. The molecule has 0 nitrogen and oxygen atoms in total. The lowest BCUT2D eigenvalue weighted by atomic mass is 10.4. The van der Waals surface area contributed by atoms with Crippen molar-refractivity contribution in [3.8, 4) is 0 Å². The van der Waals surface area contributed by atoms with Gasteiger partial charge >= 0.3 is 0 Å². The summed E-state index contributed by atoms with van der Waals surface area (Å²) in [5.41, 5.74) is 0. The van der Waals surface area contributed by atoms with Crippen molar-refractivity contribution in [1.82, 2.24) is 0 Å². The molecule has 1 rings (SSSR count). The average Bonchev–Trinajstić information content (AvgIpc) is 1.80. The van der Waals surface area contributed by atoms with Crippen LogP contribution in [0.3, 0.4) is 0 Å². The molecule has 0 aliphatic heterocycles. The van der Waals surface area contributed by atoms with Gasteiger partial charge in [0.15, 0.2) is 16.3 Å². The molecule has 0 aliphatic rings. The van der Waals surface area contributed by atoms with Gasteiger partial charge in [-0.3, -0.25) is 0 Å². The summed E-state index contributed by atoms with van der Waals surface area (Å²) >= 11 is 11.6. The van der Waals surface area contributed by atoms with Crippen LogP contribution in [-0.2, 0) is 0 Å². The maximum Gasteiger partial charge on any atom is 0.175 e. The summed E-state index contributed by atoms with van der Waals surface area (Å²) in [5, 5.41) is 0.752. The molecule has 1 aromatic rings. The number of halogens is 2. The fourth-order valence-corrected chi connectivity index (χ4v) is 1.32. The van der Waals surface area contributed by atoms with Gasteiger partial charge in [-0.2, -0.15) is 0 Å². The molecule has 0 fully saturated rings. The minimum Gasteiger partial charge on any atom is -0.137 e. The SMILES string of the molecule is [Al][c]1ccc(Br)c(Cl)c1. The molecule has 0 N–H and O–H groups in total. The molecule has 0 amide bonds. The van der Waals surface area contributed by atoms with E-state index in [2.05, 4.69) is 32.2 Å². The van der Waals surface area contributed by atoms with Crippen molar-refractivity contribution >= 4 is 48.2 Å². The summed E-state index contributed by atoms with van der Waals surface area (Å²) in [6.07, 6.45) is 0. The number of benzene rings is 1. The van der Waals surface area contributed by atoms with Crippen molar-refractivity contribution in [3.63, 3.8) is 0 Å². The molecule has 2 radical (unpaired) electrons. The third kappa shape index (κ3) is 1.98. The Balaban J connectivity index is 3.17. The lowest BCUT2D eigenvalue weighted by Gasteiger charge is -1.95. The zero-order chi connectivity index (χ0) is 6.85. The van der Waals surface area contributed by atoms with Crippen LogP contribution in [0, 0.1) is 0 Å². The van der Waals surface area contributed by atoms with Gasteiger partial charge in [0.25, 0.3) is 0 Å². The monoisotopic (exact) mass is 216 g/mol. The van der Waals surface area contributed by atoms with E-state index in [1.54, 1.807) is 0 Å². The van der Waals surface area contributed by atoms with Gasteiger partial charge in [-0.1, -0.05) is 23.7 Å². The molecule has 0 saturated carbocycles. The molecule has 0 saturated heterocycles. The van der Waals surface area contributed by atoms with Crippen LogP contribution in [-0.4, -0.2) is 16.3 Å². The third-order valence-corrected chi connectivity index (χ3v) is 2.54. The van der Waals surface area contributed by atoms with Crippen LogP contribution in [0.5, 0.6) is 0 Å². The van der Waals surface area contributed by atoms with E-state index in [9.17, 15) is 0 Å². The third-order valence-electron chi connectivity index (χ3n) is 0.944. The molecule has 9 heavy (non-hydrogen) atoms. The summed E-state index contributed by atoms with van der Waals surface area (Å²) in [4.78, 5) is 0. The molecule has 0 spiro atoms. The number of hydrogen-bond donors (Lipinski definition) is 0. The standard InChI is InChI=1S/C6H3BrCl.Al/c7-5-3-1-2-4-6(5)8;/h1,3-4H;. The predicted molar refractivity (Wildman–Crippen MR) is 44.5 cm³/mol. The van der Waals surface area contributed by atoms with E-state index in [0.29, 0.717) is 0 Å². The second kappa shape index (κ2) is 3.08. The van der Waals surface area contributed by atoms with Crippen molar-refractivity contribution < 1.29 is 0 Å². The van der Waals surface area contributed by atoms with Crippen LogP contribution >= 0.6 is 27.5 Å². The molecule has 3 heteroatoms. The smallest absolute Gasteiger partial charge is 0.137 e. The first-order chi connectivity index (χ1) is 4.20. The maximum absolute atomic E-state index is 5.75. The quantitative estimate of drug-likeness (QED) is 0.582. The van der Waals surface area contributed by atoms with Crippen LogP contribution in [0.1, 0.15) is 0 Å². The fourth-order valence-electron chi connectivity index (χ4n) is 0.512. The van der Waals surface area contributed by atoms with Crippen molar-refractivity contribution in [2.24, 2.45) is 0 Å². The highest BCUT2D eigenvalue weighted by molar-refractivity contribution is 9.10. The topological polar surface area (TPSA) is 0 Å². The minimum atomic E-state index is 0.752. The predicted octanol–water partition coefficient (Wildman–Crippen LogP) is 1.90. The van der Waals surface area contributed by atoms with E-state index < -0.39 is 0 Å². The van der Waals surface area contributed by atoms with Crippen molar-refractivity contribution in [3.05, 3.63) is 27.7 Å². The first kappa shape index (κ1) is 7.63. The zero-order valence-electron chi connectivity index (χ0n) is 4.57. The number of hydrogen-bond acceptors (Lipinski definition) is 0. The summed E-state index contributed by atoms with van der Waals surface area (Å²) in [6.45, 7) is 0. The molecule has 0 aromatic heterocycles. The molecule has 0 atom stereocenters. The largest absolute Gasteiger partial charge is 0.175 e. The van der Waals surface area contributed by atoms with E-state index in [0.717, 1.165) is 13.9 Å². The maximum atomic E-state index is 5.75. The molecule has 0 unspecified atom stereocenters. The van der Waals surface area contributed by atoms with Gasteiger partial charge < -0.3 is 0 Å². The normalized spacial score (nSPS) is 9.56. The fraction of sp³-hybridized carbons (Fsp3) is 0. The van der Waals surface area contributed by atoms with Crippen LogP contribution in [0.25, 0.3) is 0 Å². The van der Waals surface area contributed by atoms with Gasteiger partial charge in [-0.25, -0.2) is 0 Å². The summed E-state index contributed by atoms with van der Waals surface area (Å²) < 4.78 is 2.04. The van der Waals surface area contributed by atoms with Crippen LogP contribution in [0.2, 0.25) is 5.02 Å². The Morgan fingerprint density at radius 1 is 1.44 bits per heavy atom. The van der Waals surface area contributed by atoms with Crippen molar-refractivity contribution in [2.45, 2.75) is 0 Å². The van der Waals surface area contributed by atoms with Gasteiger partial charge in [0.1, 0.15) is 0 Å². The van der Waals surface area contributed by atoms with E-state index in [4.69, 9.17) is 11.6 Å². The zero-order valence-corrected chi connectivity index (χ0v) is 8.06. The van der Waals surface area contributed by atoms with Crippen LogP contribution in [0.4, 0.5) is 0 Å². The summed E-state index contributed by atoms with van der Waals surface area (Å²) in [7, 11) is 0. The highest BCUT2D eigenvalue weighted by atomic mass is 79.9. The second-order valence-corrected chi connectivity index (χ2v) is 3.60. The van der Waals surface area contributed by atoms with Gasteiger partial charge in [-0.15, -0.1) is 4.43 Å². The molecule has 0 heterocycles. The van der Waals surface area contributed by atoms with Gasteiger partial charge in [0, 0.05) is 4.47 Å². The lowest BCUT2D eigenvalue weighted by Crippen LogP contribution is -1.99. The molecule has 44 valence electrons. The van der Waals surface area contributed by atoms with E-state index in [-0.39, 0.29) is 0 Å². The van der Waals surface area contributed by atoms with E-state index in [1.807, 2.05) is 18.2 Å². The molecule has 1 aromatic carbocycles. The van der Waals surface area contributed by atoms with Gasteiger partial charge in [0.2, 0.25) is 0 Å². The first-order valence-electron chi connectivity index (χ1n) is 2.40. The Morgan fingerprint density at radius 2 is 2.11 bits per heavy atom. The molecule has 0 bridgehead atoms.